The zero-order chi connectivity index (χ0) is 23.4. The first-order valence-corrected chi connectivity index (χ1v) is 11.0. The van der Waals surface area contributed by atoms with E-state index in [1.54, 1.807) is 36.7 Å². The molecular weight excluding hydrogens is 418 g/mol. The number of aliphatic hydroxyl groups excluding tert-OH is 1. The van der Waals surface area contributed by atoms with Crippen LogP contribution in [-0.2, 0) is 11.2 Å². The van der Waals surface area contributed by atoms with Crippen molar-refractivity contribution in [3.05, 3.63) is 87.2 Å². The third-order valence-electron chi connectivity index (χ3n) is 5.69. The van der Waals surface area contributed by atoms with Crippen LogP contribution in [0.1, 0.15) is 31.7 Å². The van der Waals surface area contributed by atoms with Crippen LogP contribution in [0.5, 0.6) is 0 Å². The minimum atomic E-state index is -0.458. The number of hydrogen-bond donors (Lipinski definition) is 3. The normalized spacial score (nSPS) is 12.1. The Balaban J connectivity index is 1.79. The molecule has 4 rings (SSSR count). The van der Waals surface area contributed by atoms with Gasteiger partial charge in [-0.3, -0.25) is 14.4 Å². The average Bonchev–Trinajstić information content (AvgIpc) is 2.82. The number of nitrogens with one attached hydrogen (secondary N) is 2. The Morgan fingerprint density at radius 2 is 1.67 bits per heavy atom. The van der Waals surface area contributed by atoms with Gasteiger partial charge in [0, 0.05) is 41.7 Å². The molecule has 0 saturated carbocycles. The first-order chi connectivity index (χ1) is 16.0. The molecule has 3 N–H and O–H groups in total. The van der Waals surface area contributed by atoms with E-state index in [1.165, 1.54) is 0 Å². The van der Waals surface area contributed by atoms with Gasteiger partial charge in [0.15, 0.2) is 0 Å². The summed E-state index contributed by atoms with van der Waals surface area (Å²) in [7, 11) is 0. The smallest absolute Gasteiger partial charge is 0.257 e. The predicted octanol–water partition coefficient (Wildman–Crippen LogP) is 3.61. The van der Waals surface area contributed by atoms with Gasteiger partial charge in [-0.1, -0.05) is 13.0 Å². The van der Waals surface area contributed by atoms with E-state index >= 15 is 0 Å². The Morgan fingerprint density at radius 1 is 0.970 bits per heavy atom. The highest BCUT2D eigenvalue weighted by molar-refractivity contribution is 5.92. The number of H-pyrrole nitrogens is 2. The number of fused-ring (bicyclic) bond motifs is 1. The van der Waals surface area contributed by atoms with E-state index in [4.69, 9.17) is 4.98 Å². The number of aliphatic hydroxyl groups is 1. The predicted molar refractivity (Wildman–Crippen MR) is 128 cm³/mol. The van der Waals surface area contributed by atoms with Crippen molar-refractivity contribution in [2.75, 3.05) is 0 Å². The van der Waals surface area contributed by atoms with Crippen LogP contribution in [0.3, 0.4) is 0 Å². The van der Waals surface area contributed by atoms with Crippen molar-refractivity contribution in [2.24, 2.45) is 0 Å². The Labute approximate surface area is 190 Å². The lowest BCUT2D eigenvalue weighted by Crippen LogP contribution is -2.12. The summed E-state index contributed by atoms with van der Waals surface area (Å²) < 4.78 is 0. The van der Waals surface area contributed by atoms with E-state index in [0.717, 1.165) is 10.9 Å². The fourth-order valence-corrected chi connectivity index (χ4v) is 3.84. The van der Waals surface area contributed by atoms with Crippen molar-refractivity contribution < 1.29 is 9.90 Å². The van der Waals surface area contributed by atoms with Crippen molar-refractivity contribution in [1.82, 2.24) is 15.0 Å². The summed E-state index contributed by atoms with van der Waals surface area (Å²) in [5.41, 5.74) is 2.63. The van der Waals surface area contributed by atoms with Crippen molar-refractivity contribution in [3.8, 4) is 22.4 Å². The van der Waals surface area contributed by atoms with Gasteiger partial charge in [-0.15, -0.1) is 0 Å². The lowest BCUT2D eigenvalue weighted by Gasteiger charge is -2.11. The number of pyridine rings is 3. The van der Waals surface area contributed by atoms with Crippen molar-refractivity contribution >= 4 is 16.7 Å². The molecule has 4 aromatic rings. The number of aromatic amines is 2. The molecule has 0 fully saturated rings. The van der Waals surface area contributed by atoms with E-state index in [1.807, 2.05) is 31.2 Å². The van der Waals surface area contributed by atoms with Gasteiger partial charge >= 0.3 is 0 Å². The minimum absolute atomic E-state index is 0.0574. The molecule has 1 atom stereocenters. The average molecular weight is 444 g/mol. The number of aromatic nitrogens is 3. The maximum Gasteiger partial charge on any atom is 0.257 e. The zero-order valence-electron chi connectivity index (χ0n) is 18.3. The van der Waals surface area contributed by atoms with E-state index in [0.29, 0.717) is 47.2 Å². The minimum Gasteiger partial charge on any atom is -0.393 e. The van der Waals surface area contributed by atoms with Crippen LogP contribution in [0.2, 0.25) is 0 Å². The van der Waals surface area contributed by atoms with Crippen LogP contribution in [0.4, 0.5) is 0 Å². The molecule has 0 saturated heterocycles. The summed E-state index contributed by atoms with van der Waals surface area (Å²) in [4.78, 5) is 47.5. The number of nitrogens with zero attached hydrogens (tertiary/aromatic N) is 1. The van der Waals surface area contributed by atoms with Crippen molar-refractivity contribution in [3.63, 3.8) is 0 Å². The first-order valence-electron chi connectivity index (χ1n) is 11.0. The number of Topliss-reactive ketones (excluding diaryl/α,β-unsaturated/α-hetero) is 1. The van der Waals surface area contributed by atoms with Gasteiger partial charge in [0.05, 0.1) is 22.9 Å². The largest absolute Gasteiger partial charge is 0.393 e. The van der Waals surface area contributed by atoms with Gasteiger partial charge < -0.3 is 15.1 Å². The van der Waals surface area contributed by atoms with Gasteiger partial charge in [-0.25, -0.2) is 4.98 Å². The molecule has 1 unspecified atom stereocenters. The molecule has 0 spiro atoms. The van der Waals surface area contributed by atoms with Crippen LogP contribution in [0.25, 0.3) is 33.3 Å². The number of benzene rings is 1. The quantitative estimate of drug-likeness (QED) is 0.385. The maximum atomic E-state index is 12.6. The fraction of sp³-hybridized carbons (Fsp3) is 0.231. The van der Waals surface area contributed by atoms with E-state index in [9.17, 15) is 19.5 Å². The lowest BCUT2D eigenvalue weighted by atomic mass is 9.97. The molecule has 7 heteroatoms. The molecule has 0 aliphatic carbocycles. The first kappa shape index (κ1) is 22.4. The molecule has 0 amide bonds. The van der Waals surface area contributed by atoms with Crippen LogP contribution in [-0.4, -0.2) is 31.9 Å². The molecule has 33 heavy (non-hydrogen) atoms. The second-order valence-corrected chi connectivity index (χ2v) is 8.05. The highest BCUT2D eigenvalue weighted by Crippen LogP contribution is 2.30. The number of carbonyl (C=O) groups is 1. The van der Waals surface area contributed by atoms with E-state index in [-0.39, 0.29) is 23.3 Å². The molecule has 0 aliphatic heterocycles. The van der Waals surface area contributed by atoms with Gasteiger partial charge in [0.25, 0.3) is 11.1 Å². The summed E-state index contributed by atoms with van der Waals surface area (Å²) in [5.74, 6) is 0.0574. The summed E-state index contributed by atoms with van der Waals surface area (Å²) in [6.07, 6.45) is 4.31. The molecule has 0 aliphatic rings. The number of carbonyl (C=O) groups excluding carboxylic acids is 1. The highest BCUT2D eigenvalue weighted by Gasteiger charge is 2.16. The fourth-order valence-electron chi connectivity index (χ4n) is 3.84. The third kappa shape index (κ3) is 4.99. The Hall–Kier alpha value is -3.84. The maximum absolute atomic E-state index is 12.6. The molecule has 0 radical (unpaired) electrons. The standard InChI is InChI=1S/C26H25N3O4/c1-2-18(30)8-9-19(31)14-16-7-10-23-17(13-16)15-22(20-5-3-11-27-25(20)32)24(29-23)21-6-4-12-28-26(21)33/h3-7,10-13,15,18,30H,2,8-9,14H2,1H3,(H,27,32)(H,28,33). The molecule has 7 nitrogen and oxygen atoms in total. The molecule has 3 heterocycles. The topological polar surface area (TPSA) is 116 Å². The molecule has 1 aromatic carbocycles. The Bertz CT molecular complexity index is 1420. The summed E-state index contributed by atoms with van der Waals surface area (Å²) >= 11 is 0. The SMILES string of the molecule is CCC(O)CCC(=O)Cc1ccc2nc(-c3ccc[nH]c3=O)c(-c3ccc[nH]c3=O)cc2c1. The highest BCUT2D eigenvalue weighted by atomic mass is 16.3. The summed E-state index contributed by atoms with van der Waals surface area (Å²) in [5, 5.41) is 10.5. The second kappa shape index (κ2) is 9.75. The van der Waals surface area contributed by atoms with Gasteiger partial charge in [-0.2, -0.15) is 0 Å². The van der Waals surface area contributed by atoms with Gasteiger partial charge in [-0.05, 0) is 60.9 Å². The van der Waals surface area contributed by atoms with Crippen LogP contribution >= 0.6 is 0 Å². The summed E-state index contributed by atoms with van der Waals surface area (Å²) in [6, 6.07) is 14.2. The second-order valence-electron chi connectivity index (χ2n) is 8.05. The monoisotopic (exact) mass is 443 g/mol. The number of hydrogen-bond acceptors (Lipinski definition) is 5. The molecule has 3 aromatic heterocycles. The Morgan fingerprint density at radius 3 is 2.33 bits per heavy atom. The number of rotatable bonds is 8. The van der Waals surface area contributed by atoms with Crippen molar-refractivity contribution in [2.45, 2.75) is 38.7 Å². The van der Waals surface area contributed by atoms with Gasteiger partial charge in [0.1, 0.15) is 5.78 Å². The van der Waals surface area contributed by atoms with Crippen LogP contribution in [0.15, 0.2) is 70.5 Å². The van der Waals surface area contributed by atoms with Crippen LogP contribution < -0.4 is 11.1 Å². The van der Waals surface area contributed by atoms with Crippen molar-refractivity contribution in [1.29, 1.82) is 0 Å². The van der Waals surface area contributed by atoms with E-state index in [2.05, 4.69) is 9.97 Å². The zero-order valence-corrected chi connectivity index (χ0v) is 18.3. The number of ketones is 1. The Kier molecular flexibility index (Phi) is 6.60. The van der Waals surface area contributed by atoms with Crippen LogP contribution in [0, 0.1) is 0 Å². The van der Waals surface area contributed by atoms with E-state index < -0.39 is 6.10 Å². The third-order valence-corrected chi connectivity index (χ3v) is 5.69. The molecular formula is C26H25N3O4. The molecule has 0 bridgehead atoms. The van der Waals surface area contributed by atoms with Gasteiger partial charge in [0.2, 0.25) is 0 Å². The molecule has 168 valence electrons. The summed E-state index contributed by atoms with van der Waals surface area (Å²) in [6.45, 7) is 1.89. The lowest BCUT2D eigenvalue weighted by molar-refractivity contribution is -0.119.